The molecule has 0 aliphatic carbocycles. The summed E-state index contributed by atoms with van der Waals surface area (Å²) >= 11 is 0. The molecule has 16 heavy (non-hydrogen) atoms. The van der Waals surface area contributed by atoms with Crippen LogP contribution in [0.4, 0.5) is 9.59 Å². The van der Waals surface area contributed by atoms with Crippen LogP contribution >= 0.6 is 0 Å². The van der Waals surface area contributed by atoms with Gasteiger partial charge in [0.2, 0.25) is 18.2 Å². The van der Waals surface area contributed by atoms with E-state index >= 15 is 0 Å². The normalized spacial score (nSPS) is 4.75. The lowest BCUT2D eigenvalue weighted by Gasteiger charge is -1.86. The van der Waals surface area contributed by atoms with Gasteiger partial charge in [0.25, 0.3) is 0 Å². The summed E-state index contributed by atoms with van der Waals surface area (Å²) in [7, 11) is 0. The Morgan fingerprint density at radius 3 is 1.19 bits per heavy atom. The van der Waals surface area contributed by atoms with Crippen LogP contribution < -0.4 is 11.1 Å². The first kappa shape index (κ1) is 23.1. The number of carboxylic acid groups (broad SMARTS) is 1. The molecule has 0 saturated carbocycles. The molecular formula is C5H7N5O6. The summed E-state index contributed by atoms with van der Waals surface area (Å²) in [6.45, 7) is 0. The van der Waals surface area contributed by atoms with Gasteiger partial charge < -0.3 is 10.8 Å². The SMILES string of the molecule is N=C=O.N=C=O.N=C=O.NC(=O)NC(=O)O. The molecule has 3 amide bonds. The maximum atomic E-state index is 9.54. The lowest BCUT2D eigenvalue weighted by Crippen LogP contribution is -2.33. The van der Waals surface area contributed by atoms with Crippen molar-refractivity contribution in [3.63, 3.8) is 0 Å². The second-order valence-electron chi connectivity index (χ2n) is 1.10. The van der Waals surface area contributed by atoms with Crippen molar-refractivity contribution in [3.8, 4) is 0 Å². The van der Waals surface area contributed by atoms with Crippen LogP contribution in [0.5, 0.6) is 0 Å². The molecule has 0 aliphatic rings. The van der Waals surface area contributed by atoms with Crippen molar-refractivity contribution in [1.82, 2.24) is 5.32 Å². The van der Waals surface area contributed by atoms with Crippen LogP contribution in [0, 0.1) is 16.2 Å². The molecule has 0 saturated heterocycles. The van der Waals surface area contributed by atoms with Crippen molar-refractivity contribution >= 4 is 30.4 Å². The minimum absolute atomic E-state index is 0.750. The summed E-state index contributed by atoms with van der Waals surface area (Å²) in [5.74, 6) is 0. The van der Waals surface area contributed by atoms with E-state index in [1.165, 1.54) is 5.32 Å². The van der Waals surface area contributed by atoms with Gasteiger partial charge in [-0.25, -0.2) is 45.5 Å². The van der Waals surface area contributed by atoms with Crippen molar-refractivity contribution < 1.29 is 29.1 Å². The van der Waals surface area contributed by atoms with Crippen molar-refractivity contribution in [2.75, 3.05) is 0 Å². The number of primary amides is 1. The van der Waals surface area contributed by atoms with Crippen LogP contribution in [0.25, 0.3) is 0 Å². The van der Waals surface area contributed by atoms with Crippen molar-refractivity contribution in [3.05, 3.63) is 0 Å². The van der Waals surface area contributed by atoms with Crippen LogP contribution in [-0.2, 0) is 14.4 Å². The van der Waals surface area contributed by atoms with E-state index in [2.05, 4.69) is 5.73 Å². The molecule has 0 spiro atoms. The number of carbonyl (C=O) groups excluding carboxylic acids is 4. The molecule has 88 valence electrons. The number of nitrogens with two attached hydrogens (primary N) is 1. The highest BCUT2D eigenvalue weighted by atomic mass is 16.4. The summed E-state index contributed by atoms with van der Waals surface area (Å²) in [6.07, 6.45) is 0.813. The largest absolute Gasteiger partial charge is 0.465 e. The second kappa shape index (κ2) is 29.7. The van der Waals surface area contributed by atoms with Crippen molar-refractivity contribution in [2.45, 2.75) is 0 Å². The molecule has 7 N–H and O–H groups in total. The van der Waals surface area contributed by atoms with E-state index in [-0.39, 0.29) is 0 Å². The van der Waals surface area contributed by atoms with E-state index in [0.29, 0.717) is 0 Å². The Morgan fingerprint density at radius 1 is 1.00 bits per heavy atom. The van der Waals surface area contributed by atoms with Crippen molar-refractivity contribution in [2.24, 2.45) is 5.73 Å². The van der Waals surface area contributed by atoms with Gasteiger partial charge in [0.15, 0.2) is 0 Å². The summed E-state index contributed by atoms with van der Waals surface area (Å²) in [6, 6.07) is -1.06. The second-order valence-corrected chi connectivity index (χ2v) is 1.10. The van der Waals surface area contributed by atoms with Gasteiger partial charge in [-0.15, -0.1) is 0 Å². The van der Waals surface area contributed by atoms with Gasteiger partial charge in [0.1, 0.15) is 0 Å². The maximum absolute atomic E-state index is 9.54. The number of nitrogens with one attached hydrogen (secondary N) is 4. The van der Waals surface area contributed by atoms with Crippen LogP contribution in [0.15, 0.2) is 0 Å². The number of isocyanates is 3. The predicted molar refractivity (Wildman–Crippen MR) is 46.0 cm³/mol. The Hall–Kier alpha value is -3.12. The van der Waals surface area contributed by atoms with E-state index in [0.717, 1.165) is 18.2 Å². The Balaban J connectivity index is -0.0000000677. The first-order valence-corrected chi connectivity index (χ1v) is 2.78. The third-order valence-electron chi connectivity index (χ3n) is 0.230. The highest BCUT2D eigenvalue weighted by Gasteiger charge is 1.94. The summed E-state index contributed by atoms with van der Waals surface area (Å²) < 4.78 is 0. The van der Waals surface area contributed by atoms with Gasteiger partial charge in [-0.1, -0.05) is 0 Å². The fourth-order valence-electron chi connectivity index (χ4n) is 0.105. The number of rotatable bonds is 0. The Morgan fingerprint density at radius 2 is 1.19 bits per heavy atom. The molecule has 0 atom stereocenters. The zero-order chi connectivity index (χ0) is 14.0. The highest BCUT2D eigenvalue weighted by Crippen LogP contribution is 1.55. The molecule has 0 radical (unpaired) electrons. The quantitative estimate of drug-likeness (QED) is 0.228. The number of hydrogen-bond donors (Lipinski definition) is 6. The number of imide groups is 1. The fraction of sp³-hybridized carbons (Fsp3) is 0. The number of hydrogen-bond acceptors (Lipinski definition) is 8. The third kappa shape index (κ3) is 1370. The van der Waals surface area contributed by atoms with Gasteiger partial charge >= 0.3 is 12.1 Å². The van der Waals surface area contributed by atoms with E-state index in [9.17, 15) is 9.59 Å². The Labute approximate surface area is 87.8 Å². The zero-order valence-corrected chi connectivity index (χ0v) is 7.57. The number of amides is 3. The van der Waals surface area contributed by atoms with E-state index in [4.69, 9.17) is 35.7 Å². The Kier molecular flexibility index (Phi) is 42.8. The highest BCUT2D eigenvalue weighted by molar-refractivity contribution is 5.88. The molecule has 0 aromatic heterocycles. The monoisotopic (exact) mass is 233 g/mol. The average molecular weight is 233 g/mol. The van der Waals surface area contributed by atoms with Gasteiger partial charge in [0, 0.05) is 0 Å². The summed E-state index contributed by atoms with van der Waals surface area (Å²) in [5.41, 5.74) is 4.36. The smallest absolute Gasteiger partial charge is 0.412 e. The van der Waals surface area contributed by atoms with Crippen LogP contribution in [0.1, 0.15) is 0 Å². The standard InChI is InChI=1S/C2H4N2O3.3CHNO/c3-1(5)4-2(6)7;3*2-1-3/h(H,6,7)(H3,3,4,5);3*2H. The molecule has 0 rings (SSSR count). The van der Waals surface area contributed by atoms with Crippen molar-refractivity contribution in [1.29, 1.82) is 16.2 Å². The molecule has 11 heteroatoms. The fourth-order valence-corrected chi connectivity index (χ4v) is 0.105. The molecule has 0 heterocycles. The van der Waals surface area contributed by atoms with Gasteiger partial charge in [-0.2, -0.15) is 0 Å². The van der Waals surface area contributed by atoms with Gasteiger partial charge in [-0.3, -0.25) is 0 Å². The van der Waals surface area contributed by atoms with Crippen LogP contribution in [0.2, 0.25) is 0 Å². The first-order chi connectivity index (χ1) is 7.37. The van der Waals surface area contributed by atoms with Gasteiger partial charge in [-0.05, 0) is 0 Å². The number of urea groups is 1. The molecule has 0 aliphatic heterocycles. The minimum atomic E-state index is -1.44. The molecule has 0 fully saturated rings. The Bertz CT molecular complexity index is 254. The molecule has 0 unspecified atom stereocenters. The third-order valence-corrected chi connectivity index (χ3v) is 0.230. The molecule has 0 aromatic rings. The van der Waals surface area contributed by atoms with E-state index < -0.39 is 12.1 Å². The van der Waals surface area contributed by atoms with Gasteiger partial charge in [0.05, 0.1) is 0 Å². The average Bonchev–Trinajstić information content (AvgIpc) is 2.04. The van der Waals surface area contributed by atoms with E-state index in [1.54, 1.807) is 0 Å². The lowest BCUT2D eigenvalue weighted by molar-refractivity contribution is 0.193. The topological polar surface area (TPSA) is 215 Å². The van der Waals surface area contributed by atoms with Crippen LogP contribution in [0.3, 0.4) is 0 Å². The summed E-state index contributed by atoms with van der Waals surface area (Å²) in [4.78, 5) is 44.0. The lowest BCUT2D eigenvalue weighted by atomic mass is 11.0. The molecule has 0 bridgehead atoms. The molecule has 0 aromatic carbocycles. The first-order valence-electron chi connectivity index (χ1n) is 2.78. The zero-order valence-electron chi connectivity index (χ0n) is 7.57. The molecule has 11 nitrogen and oxygen atoms in total. The number of carbonyl (C=O) groups is 2. The maximum Gasteiger partial charge on any atom is 0.412 e. The minimum Gasteiger partial charge on any atom is -0.465 e. The van der Waals surface area contributed by atoms with Crippen LogP contribution in [-0.4, -0.2) is 35.5 Å². The molecular weight excluding hydrogens is 226 g/mol. The van der Waals surface area contributed by atoms with E-state index in [1.807, 2.05) is 0 Å². The predicted octanol–water partition coefficient (Wildman–Crippen LogP) is -0.964. The summed E-state index contributed by atoms with van der Waals surface area (Å²) in [5, 5.41) is 25.2.